The largest absolute Gasteiger partial charge is 0.799 e. The van der Waals surface area contributed by atoms with E-state index in [0.717, 1.165) is 26.5 Å². The van der Waals surface area contributed by atoms with Crippen LogP contribution in [0.25, 0.3) is 0 Å². The Labute approximate surface area is 126 Å². The summed E-state index contributed by atoms with van der Waals surface area (Å²) in [6.07, 6.45) is 1.63. The lowest BCUT2D eigenvalue weighted by Gasteiger charge is -2.38. The molecule has 7 heteroatoms. The lowest BCUT2D eigenvalue weighted by Crippen LogP contribution is -2.30. The molecule has 0 heterocycles. The van der Waals surface area contributed by atoms with Crippen LogP contribution < -0.4 is 9.79 Å². The van der Waals surface area contributed by atoms with Crippen molar-refractivity contribution in [2.45, 2.75) is 19.8 Å². The average molecular weight is 313 g/mol. The number of rotatable bonds is 4. The minimum Gasteiger partial charge on any atom is -0.799 e. The van der Waals surface area contributed by atoms with Crippen LogP contribution in [0.3, 0.4) is 0 Å². The Balaban J connectivity index is -0.000000244. The highest BCUT2D eigenvalue weighted by Crippen LogP contribution is 2.27. The van der Waals surface area contributed by atoms with E-state index in [1.807, 2.05) is 6.92 Å². The van der Waals surface area contributed by atoms with Crippen molar-refractivity contribution in [1.82, 2.24) is 4.67 Å². The molecule has 0 spiro atoms. The van der Waals surface area contributed by atoms with Gasteiger partial charge in [-0.2, -0.15) is 0 Å². The molecule has 0 amide bonds. The lowest BCUT2D eigenvalue weighted by atomic mass is 10.3. The third kappa shape index (κ3) is 52.0. The van der Waals surface area contributed by atoms with E-state index in [2.05, 4.69) is 56.4 Å². The van der Waals surface area contributed by atoms with Gasteiger partial charge in [-0.1, -0.05) is 13.3 Å². The van der Waals surface area contributed by atoms with Crippen molar-refractivity contribution in [3.05, 3.63) is 0 Å². The minimum absolute atomic E-state index is 0.334. The fourth-order valence-corrected chi connectivity index (χ4v) is 0.896. The van der Waals surface area contributed by atoms with E-state index in [0.29, 0.717) is 6.54 Å². The average Bonchev–Trinajstić information content (AvgIpc) is 2.06. The highest BCUT2D eigenvalue weighted by molar-refractivity contribution is 7.46. The summed E-state index contributed by atoms with van der Waals surface area (Å²) in [6.45, 7) is 2.27. The van der Waals surface area contributed by atoms with Crippen molar-refractivity contribution < 1.29 is 23.3 Å². The zero-order valence-electron chi connectivity index (χ0n) is 15.1. The molecule has 0 aliphatic rings. The minimum atomic E-state index is -4.45. The topological polar surface area (TPSA) is 66.4 Å². The monoisotopic (exact) mass is 313 g/mol. The molecule has 126 valence electrons. The van der Waals surface area contributed by atoms with Crippen molar-refractivity contribution in [3.63, 3.8) is 0 Å². The molecule has 20 heavy (non-hydrogen) atoms. The Hall–Kier alpha value is 0.0300. The molecule has 0 atom stereocenters. The van der Waals surface area contributed by atoms with Crippen LogP contribution in [0.5, 0.6) is 0 Å². The van der Waals surface area contributed by atoms with Crippen LogP contribution in [0, 0.1) is 0 Å². The Bertz CT molecular complexity index is 243. The van der Waals surface area contributed by atoms with Gasteiger partial charge in [0.25, 0.3) is 0 Å². The molecule has 0 saturated carbocycles. The second-order valence-corrected chi connectivity index (χ2v) is 9.19. The molecule has 0 unspecified atom stereocenters. The van der Waals surface area contributed by atoms with Gasteiger partial charge in [0.15, 0.2) is 0 Å². The molecule has 0 aromatic heterocycles. The Kier molecular flexibility index (Phi) is 13.4. The molecule has 0 aromatic carbocycles. The summed E-state index contributed by atoms with van der Waals surface area (Å²) in [6, 6.07) is 0. The van der Waals surface area contributed by atoms with Gasteiger partial charge < -0.3 is 23.3 Å². The normalized spacial score (nSPS) is 12.2. The zero-order chi connectivity index (χ0) is 17.2. The maximum absolute atomic E-state index is 10.2. The van der Waals surface area contributed by atoms with Crippen LogP contribution >= 0.6 is 7.75 Å². The van der Waals surface area contributed by atoms with E-state index in [1.54, 1.807) is 0 Å². The number of nitrogens with zero attached hydrogens (tertiary/aromatic N) is 3. The zero-order valence-corrected chi connectivity index (χ0v) is 16.0. The van der Waals surface area contributed by atoms with E-state index in [4.69, 9.17) is 0 Å². The van der Waals surface area contributed by atoms with Crippen molar-refractivity contribution in [1.29, 1.82) is 0 Å². The summed E-state index contributed by atoms with van der Waals surface area (Å²) < 4.78 is 13.1. The SMILES string of the molecule is CCCCN(C)P(=O)([O-])[O-].C[N+](C)(C)C.C[N+](C)(C)C. The van der Waals surface area contributed by atoms with Crippen LogP contribution in [0.1, 0.15) is 19.8 Å². The molecule has 0 saturated heterocycles. The van der Waals surface area contributed by atoms with Gasteiger partial charge in [0, 0.05) is 6.54 Å². The van der Waals surface area contributed by atoms with E-state index in [9.17, 15) is 14.4 Å². The van der Waals surface area contributed by atoms with Gasteiger partial charge in [0.2, 0.25) is 0 Å². The number of hydrogen-bond acceptors (Lipinski definition) is 3. The van der Waals surface area contributed by atoms with E-state index in [1.165, 1.54) is 7.05 Å². The summed E-state index contributed by atoms with van der Waals surface area (Å²) >= 11 is 0. The summed E-state index contributed by atoms with van der Waals surface area (Å²) in [5.74, 6) is 0. The Morgan fingerprint density at radius 3 is 1.30 bits per heavy atom. The lowest BCUT2D eigenvalue weighted by molar-refractivity contribution is -0.849. The smallest absolute Gasteiger partial charge is 0.0675 e. The summed E-state index contributed by atoms with van der Waals surface area (Å²) in [5, 5.41) is 0. The molecule has 6 nitrogen and oxygen atoms in total. The highest BCUT2D eigenvalue weighted by atomic mass is 31.2. The second kappa shape index (κ2) is 10.7. The fraction of sp³-hybridized carbons (Fsp3) is 1.00. The molecule has 0 aliphatic carbocycles. The first-order chi connectivity index (χ1) is 8.48. The maximum atomic E-state index is 10.2. The van der Waals surface area contributed by atoms with Gasteiger partial charge in [0.1, 0.15) is 0 Å². The van der Waals surface area contributed by atoms with E-state index in [-0.39, 0.29) is 0 Å². The van der Waals surface area contributed by atoms with Crippen molar-refractivity contribution in [3.8, 4) is 0 Å². The molecular formula is C13H36N3O3P. The van der Waals surface area contributed by atoms with Gasteiger partial charge >= 0.3 is 0 Å². The third-order valence-electron chi connectivity index (χ3n) is 1.25. The van der Waals surface area contributed by atoms with Crippen LogP contribution in [0.15, 0.2) is 0 Å². The molecule has 0 rings (SSSR count). The summed E-state index contributed by atoms with van der Waals surface area (Å²) in [5.41, 5.74) is 0. The standard InChI is InChI=1S/C5H14NO3P.2C4H12N/c1-3-4-5-6(2)10(7,8)9;2*1-5(2,3)4/h3-5H2,1-2H3,(H2,7,8,9);2*1-4H3/q;2*+1/p-2. The van der Waals surface area contributed by atoms with Crippen molar-refractivity contribution in [2.24, 2.45) is 0 Å². The van der Waals surface area contributed by atoms with Gasteiger partial charge in [-0.15, -0.1) is 0 Å². The van der Waals surface area contributed by atoms with Gasteiger partial charge in [-0.25, -0.2) is 0 Å². The van der Waals surface area contributed by atoms with Crippen molar-refractivity contribution >= 4 is 7.75 Å². The fourth-order valence-electron chi connectivity index (χ4n) is 0.509. The molecule has 0 aromatic rings. The third-order valence-corrected chi connectivity index (χ3v) is 2.29. The molecular weight excluding hydrogens is 277 g/mol. The van der Waals surface area contributed by atoms with Crippen LogP contribution in [-0.4, -0.2) is 83.6 Å². The number of quaternary nitrogens is 2. The molecule has 0 radical (unpaired) electrons. The van der Waals surface area contributed by atoms with Crippen LogP contribution in [0.2, 0.25) is 0 Å². The molecule has 0 aliphatic heterocycles. The first-order valence-corrected chi connectivity index (χ1v) is 8.29. The summed E-state index contributed by atoms with van der Waals surface area (Å²) in [7, 11) is 13.8. The second-order valence-electron chi connectivity index (χ2n) is 7.57. The van der Waals surface area contributed by atoms with Crippen LogP contribution in [0.4, 0.5) is 0 Å². The van der Waals surface area contributed by atoms with Crippen molar-refractivity contribution in [2.75, 3.05) is 70.0 Å². The number of hydrogen-bond donors (Lipinski definition) is 0. The predicted octanol–water partition coefficient (Wildman–Crippen LogP) is 0.192. The van der Waals surface area contributed by atoms with Gasteiger partial charge in [0.05, 0.1) is 56.4 Å². The summed E-state index contributed by atoms with van der Waals surface area (Å²) in [4.78, 5) is 20.5. The first kappa shape index (κ1) is 25.0. The predicted molar refractivity (Wildman–Crippen MR) is 83.1 cm³/mol. The van der Waals surface area contributed by atoms with Gasteiger partial charge in [-0.05, 0) is 21.2 Å². The highest BCUT2D eigenvalue weighted by Gasteiger charge is 1.99. The molecule has 0 fully saturated rings. The van der Waals surface area contributed by atoms with E-state index >= 15 is 0 Å². The molecule has 0 N–H and O–H groups in total. The quantitative estimate of drug-likeness (QED) is 0.549. The molecule has 0 bridgehead atoms. The number of unbranched alkanes of at least 4 members (excludes halogenated alkanes) is 1. The Morgan fingerprint density at radius 1 is 0.900 bits per heavy atom. The van der Waals surface area contributed by atoms with E-state index < -0.39 is 7.75 Å². The Morgan fingerprint density at radius 2 is 1.15 bits per heavy atom. The maximum Gasteiger partial charge on any atom is 0.0675 e. The first-order valence-electron chi connectivity index (χ1n) is 6.80. The van der Waals surface area contributed by atoms with Gasteiger partial charge in [-0.3, -0.25) is 4.67 Å². The van der Waals surface area contributed by atoms with Crippen LogP contribution in [-0.2, 0) is 4.57 Å².